The van der Waals surface area contributed by atoms with E-state index in [0.717, 1.165) is 12.5 Å². The average molecular weight is 388 g/mol. The van der Waals surface area contributed by atoms with Crippen LogP contribution in [0.1, 0.15) is 104 Å². The van der Waals surface area contributed by atoms with Gasteiger partial charge in [-0.1, -0.05) is 77.4 Å². The molecule has 156 valence electrons. The summed E-state index contributed by atoms with van der Waals surface area (Å²) in [4.78, 5) is 0. The predicted molar refractivity (Wildman–Crippen MR) is 110 cm³/mol. The SMILES string of the molecule is CC(C)CCCCCCC/C=C\CCCCCCCC[NH2+]CC1CO1.[Cl-]. The smallest absolute Gasteiger partial charge is 0.130 e. The van der Waals surface area contributed by atoms with Gasteiger partial charge < -0.3 is 22.5 Å². The van der Waals surface area contributed by atoms with E-state index >= 15 is 0 Å². The first-order valence-corrected chi connectivity index (χ1v) is 11.4. The maximum atomic E-state index is 5.21. The molecule has 0 spiro atoms. The number of allylic oxidation sites excluding steroid dienone is 2. The van der Waals surface area contributed by atoms with E-state index in [1.54, 1.807) is 0 Å². The van der Waals surface area contributed by atoms with Gasteiger partial charge in [0.25, 0.3) is 0 Å². The first-order chi connectivity index (χ1) is 12.3. The van der Waals surface area contributed by atoms with E-state index in [-0.39, 0.29) is 12.4 Å². The molecular formula is C23H46ClNO. The van der Waals surface area contributed by atoms with Crippen molar-refractivity contribution in [2.75, 3.05) is 19.7 Å². The standard InChI is InChI=1S/C23H45NO.ClH/c1-22(2)18-16-14-12-10-8-6-4-3-5-7-9-11-13-15-17-19-24-20-23-21-25-23;/h3-4,22-24H,5-21H2,1-2H3;1H/b4-3-;. The van der Waals surface area contributed by atoms with Gasteiger partial charge in [-0.05, 0) is 44.4 Å². The summed E-state index contributed by atoms with van der Waals surface area (Å²) in [6.07, 6.45) is 25.0. The van der Waals surface area contributed by atoms with Crippen molar-refractivity contribution in [3.8, 4) is 0 Å². The summed E-state index contributed by atoms with van der Waals surface area (Å²) in [6.45, 7) is 8.14. The number of hydrogen-bond acceptors (Lipinski definition) is 1. The van der Waals surface area contributed by atoms with E-state index in [4.69, 9.17) is 4.74 Å². The molecule has 1 fully saturated rings. The molecule has 0 bridgehead atoms. The Morgan fingerprint density at radius 3 is 1.85 bits per heavy atom. The van der Waals surface area contributed by atoms with Crippen LogP contribution in [0.5, 0.6) is 0 Å². The van der Waals surface area contributed by atoms with Gasteiger partial charge in [-0.2, -0.15) is 0 Å². The Balaban J connectivity index is 0.00000625. The van der Waals surface area contributed by atoms with Crippen molar-refractivity contribution in [2.45, 2.75) is 110 Å². The van der Waals surface area contributed by atoms with E-state index in [1.165, 1.54) is 103 Å². The number of nitrogens with two attached hydrogens (primary N) is 1. The summed E-state index contributed by atoms with van der Waals surface area (Å²) in [5.74, 6) is 0.883. The molecule has 1 unspecified atom stereocenters. The van der Waals surface area contributed by atoms with Crippen LogP contribution in [0.3, 0.4) is 0 Å². The molecule has 26 heavy (non-hydrogen) atoms. The quantitative estimate of drug-likeness (QED) is 0.206. The second-order valence-electron chi connectivity index (χ2n) is 8.39. The van der Waals surface area contributed by atoms with E-state index in [0.29, 0.717) is 6.10 Å². The van der Waals surface area contributed by atoms with Crippen LogP contribution in [0.2, 0.25) is 0 Å². The minimum absolute atomic E-state index is 0. The van der Waals surface area contributed by atoms with Gasteiger partial charge in [0.1, 0.15) is 12.6 Å². The lowest BCUT2D eigenvalue weighted by atomic mass is 10.0. The highest BCUT2D eigenvalue weighted by Crippen LogP contribution is 2.12. The summed E-state index contributed by atoms with van der Waals surface area (Å²) in [6, 6.07) is 0. The van der Waals surface area contributed by atoms with Crippen molar-refractivity contribution in [1.82, 2.24) is 0 Å². The van der Waals surface area contributed by atoms with Crippen LogP contribution in [0.25, 0.3) is 0 Å². The second kappa shape index (κ2) is 19.7. The highest BCUT2D eigenvalue weighted by atomic mass is 35.5. The van der Waals surface area contributed by atoms with E-state index in [2.05, 4.69) is 31.3 Å². The third kappa shape index (κ3) is 20.3. The molecule has 0 aromatic rings. The number of unbranched alkanes of at least 4 members (excludes halogenated alkanes) is 11. The fraction of sp³-hybridized carbons (Fsp3) is 0.913. The Morgan fingerprint density at radius 2 is 1.31 bits per heavy atom. The highest BCUT2D eigenvalue weighted by Gasteiger charge is 2.23. The monoisotopic (exact) mass is 387 g/mol. The molecule has 1 rings (SSSR count). The lowest BCUT2D eigenvalue weighted by Crippen LogP contribution is -3.00. The maximum Gasteiger partial charge on any atom is 0.130 e. The normalized spacial score (nSPS) is 16.3. The van der Waals surface area contributed by atoms with Crippen molar-refractivity contribution in [3.05, 3.63) is 12.2 Å². The third-order valence-corrected chi connectivity index (χ3v) is 5.18. The van der Waals surface area contributed by atoms with Crippen LogP contribution in [-0.4, -0.2) is 25.8 Å². The molecule has 0 aliphatic carbocycles. The number of rotatable bonds is 19. The number of ether oxygens (including phenoxy) is 1. The second-order valence-corrected chi connectivity index (χ2v) is 8.39. The summed E-state index contributed by atoms with van der Waals surface area (Å²) < 4.78 is 5.21. The Hall–Kier alpha value is -0.0500. The molecular weight excluding hydrogens is 342 g/mol. The van der Waals surface area contributed by atoms with Crippen molar-refractivity contribution in [2.24, 2.45) is 5.92 Å². The van der Waals surface area contributed by atoms with E-state index < -0.39 is 0 Å². The summed E-state index contributed by atoms with van der Waals surface area (Å²) in [5, 5.41) is 2.42. The van der Waals surface area contributed by atoms with Gasteiger partial charge in [0.2, 0.25) is 0 Å². The molecule has 0 amide bonds. The molecule has 2 N–H and O–H groups in total. The van der Waals surface area contributed by atoms with Crippen LogP contribution in [0, 0.1) is 5.92 Å². The lowest BCUT2D eigenvalue weighted by Gasteiger charge is -2.03. The number of hydrogen-bond donors (Lipinski definition) is 1. The molecule has 2 nitrogen and oxygen atoms in total. The van der Waals surface area contributed by atoms with Gasteiger partial charge in [-0.25, -0.2) is 0 Å². The molecule has 1 aliphatic rings. The Labute approximate surface area is 170 Å². The van der Waals surface area contributed by atoms with E-state index in [1.807, 2.05) is 0 Å². The summed E-state index contributed by atoms with van der Waals surface area (Å²) >= 11 is 0. The minimum Gasteiger partial charge on any atom is -1.00 e. The van der Waals surface area contributed by atoms with Crippen molar-refractivity contribution in [1.29, 1.82) is 0 Å². The van der Waals surface area contributed by atoms with E-state index in [9.17, 15) is 0 Å². The largest absolute Gasteiger partial charge is 1.00 e. The predicted octanol–water partition coefficient (Wildman–Crippen LogP) is 2.63. The molecule has 1 aliphatic heterocycles. The van der Waals surface area contributed by atoms with Crippen molar-refractivity contribution < 1.29 is 22.5 Å². The summed E-state index contributed by atoms with van der Waals surface area (Å²) in [5.41, 5.74) is 0. The zero-order valence-corrected chi connectivity index (χ0v) is 18.4. The molecule has 1 heterocycles. The molecule has 1 atom stereocenters. The Bertz CT molecular complexity index is 303. The number of halogens is 1. The fourth-order valence-electron chi connectivity index (χ4n) is 3.35. The van der Waals surface area contributed by atoms with Gasteiger partial charge in [0.15, 0.2) is 0 Å². The first-order valence-electron chi connectivity index (χ1n) is 11.4. The zero-order chi connectivity index (χ0) is 18.0. The zero-order valence-electron chi connectivity index (χ0n) is 17.7. The van der Waals surface area contributed by atoms with Crippen LogP contribution in [-0.2, 0) is 4.74 Å². The Kier molecular flexibility index (Phi) is 19.7. The number of quaternary nitrogens is 1. The van der Waals surface area contributed by atoms with Gasteiger partial charge in [0, 0.05) is 0 Å². The summed E-state index contributed by atoms with van der Waals surface area (Å²) in [7, 11) is 0. The molecule has 0 aromatic carbocycles. The molecule has 0 radical (unpaired) electrons. The van der Waals surface area contributed by atoms with Gasteiger partial charge in [0.05, 0.1) is 13.2 Å². The van der Waals surface area contributed by atoms with Crippen LogP contribution in [0.15, 0.2) is 12.2 Å². The molecule has 0 saturated carbocycles. The molecule has 3 heteroatoms. The van der Waals surface area contributed by atoms with Crippen LogP contribution >= 0.6 is 0 Å². The average Bonchev–Trinajstić information content (AvgIpc) is 3.41. The Morgan fingerprint density at radius 1 is 0.808 bits per heavy atom. The fourth-order valence-corrected chi connectivity index (χ4v) is 3.35. The van der Waals surface area contributed by atoms with Gasteiger partial charge in [-0.15, -0.1) is 0 Å². The first kappa shape index (κ1) is 26.0. The minimum atomic E-state index is 0. The van der Waals surface area contributed by atoms with Crippen LogP contribution < -0.4 is 17.7 Å². The van der Waals surface area contributed by atoms with Crippen LogP contribution in [0.4, 0.5) is 0 Å². The third-order valence-electron chi connectivity index (χ3n) is 5.18. The number of epoxide rings is 1. The van der Waals surface area contributed by atoms with Crippen molar-refractivity contribution in [3.63, 3.8) is 0 Å². The maximum absolute atomic E-state index is 5.21. The van der Waals surface area contributed by atoms with Gasteiger partial charge in [-0.3, -0.25) is 0 Å². The van der Waals surface area contributed by atoms with Crippen molar-refractivity contribution >= 4 is 0 Å². The topological polar surface area (TPSA) is 29.1 Å². The van der Waals surface area contributed by atoms with Gasteiger partial charge >= 0.3 is 0 Å². The highest BCUT2D eigenvalue weighted by molar-refractivity contribution is 4.81. The molecule has 0 aromatic heterocycles. The lowest BCUT2D eigenvalue weighted by molar-refractivity contribution is -0.656. The molecule has 1 saturated heterocycles.